The molecule has 1 aliphatic rings. The van der Waals surface area contributed by atoms with E-state index in [2.05, 4.69) is 60.5 Å². The zero-order valence-electron chi connectivity index (χ0n) is 25.4. The Balaban J connectivity index is 1.45. The van der Waals surface area contributed by atoms with Crippen molar-refractivity contribution in [3.05, 3.63) is 113 Å². The molecule has 43 heavy (non-hydrogen) atoms. The molecule has 2 heterocycles. The molecule has 1 N–H and O–H groups in total. The first-order chi connectivity index (χ1) is 20.8. The minimum atomic E-state index is -0.0187. The predicted molar refractivity (Wildman–Crippen MR) is 173 cm³/mol. The summed E-state index contributed by atoms with van der Waals surface area (Å²) in [5.41, 5.74) is 5.48. The van der Waals surface area contributed by atoms with Crippen molar-refractivity contribution in [2.24, 2.45) is 0 Å². The Labute approximate surface area is 253 Å². The average molecular weight is 574 g/mol. The number of phenolic OH excluding ortho intramolecular Hbond substituents is 1. The molecule has 0 radical (unpaired) electrons. The van der Waals surface area contributed by atoms with Crippen LogP contribution in [0.1, 0.15) is 50.8 Å². The van der Waals surface area contributed by atoms with Crippen molar-refractivity contribution in [1.29, 1.82) is 0 Å². The van der Waals surface area contributed by atoms with E-state index in [0.717, 1.165) is 35.1 Å². The third-order valence-electron chi connectivity index (χ3n) is 8.76. The van der Waals surface area contributed by atoms with Gasteiger partial charge in [0, 0.05) is 48.6 Å². The number of aryl methyl sites for hydroxylation is 3. The summed E-state index contributed by atoms with van der Waals surface area (Å²) in [5.74, 6) is 0.600. The number of aromatic nitrogens is 1. The molecule has 6 rings (SSSR count). The highest BCUT2D eigenvalue weighted by atomic mass is 16.5. The Morgan fingerprint density at radius 2 is 1.47 bits per heavy atom. The lowest BCUT2D eigenvalue weighted by Gasteiger charge is -2.33. The highest BCUT2D eigenvalue weighted by Gasteiger charge is 2.29. The minimum absolute atomic E-state index is 0.0187. The fraction of sp³-hybridized carbons (Fsp3) is 0.297. The van der Waals surface area contributed by atoms with E-state index in [-0.39, 0.29) is 17.6 Å². The van der Waals surface area contributed by atoms with E-state index < -0.39 is 0 Å². The van der Waals surface area contributed by atoms with Crippen LogP contribution in [0.25, 0.3) is 21.5 Å². The molecular formula is C37H39N3O3. The lowest BCUT2D eigenvalue weighted by molar-refractivity contribution is 0.0665. The lowest BCUT2D eigenvalue weighted by Crippen LogP contribution is -2.47. The number of rotatable bonds is 7. The van der Waals surface area contributed by atoms with Crippen LogP contribution >= 0.6 is 0 Å². The van der Waals surface area contributed by atoms with E-state index in [1.165, 1.54) is 11.1 Å². The molecule has 4 aromatic carbocycles. The maximum atomic E-state index is 14.1. The summed E-state index contributed by atoms with van der Waals surface area (Å²) in [7, 11) is 2.08. The van der Waals surface area contributed by atoms with Crippen LogP contribution in [0, 0.1) is 20.8 Å². The second-order valence-corrected chi connectivity index (χ2v) is 11.7. The summed E-state index contributed by atoms with van der Waals surface area (Å²) < 4.78 is 6.56. The summed E-state index contributed by atoms with van der Waals surface area (Å²) in [4.78, 5) is 23.2. The van der Waals surface area contributed by atoms with E-state index in [1.54, 1.807) is 0 Å². The number of piperazine rings is 1. The number of pyridine rings is 1. The van der Waals surface area contributed by atoms with Crippen LogP contribution in [-0.2, 0) is 0 Å². The van der Waals surface area contributed by atoms with Gasteiger partial charge in [-0.3, -0.25) is 9.78 Å². The van der Waals surface area contributed by atoms with Gasteiger partial charge in [-0.1, -0.05) is 78.4 Å². The smallest absolute Gasteiger partial charge is 0.256 e. The fourth-order valence-corrected chi connectivity index (χ4v) is 6.46. The van der Waals surface area contributed by atoms with E-state index in [4.69, 9.17) is 9.72 Å². The largest absolute Gasteiger partial charge is 0.504 e. The number of carbonyl (C=O) groups excluding carboxylic acids is 1. The summed E-state index contributed by atoms with van der Waals surface area (Å²) in [6, 6.07) is 26.9. The molecule has 6 nitrogen and oxygen atoms in total. The van der Waals surface area contributed by atoms with Gasteiger partial charge in [-0.2, -0.15) is 0 Å². The van der Waals surface area contributed by atoms with E-state index in [1.807, 2.05) is 56.0 Å². The maximum Gasteiger partial charge on any atom is 0.256 e. The summed E-state index contributed by atoms with van der Waals surface area (Å²) >= 11 is 0. The Bertz CT molecular complexity index is 1740. The fourth-order valence-electron chi connectivity index (χ4n) is 6.46. The van der Waals surface area contributed by atoms with Gasteiger partial charge < -0.3 is 19.6 Å². The molecule has 5 aromatic rings. The molecule has 1 aliphatic heterocycles. The molecule has 0 saturated carbocycles. The van der Waals surface area contributed by atoms with Crippen molar-refractivity contribution in [1.82, 2.24) is 14.8 Å². The van der Waals surface area contributed by atoms with Gasteiger partial charge in [0.15, 0.2) is 11.5 Å². The lowest BCUT2D eigenvalue weighted by atomic mass is 9.89. The zero-order chi connectivity index (χ0) is 30.1. The number of nitrogens with zero attached hydrogens (tertiary/aromatic N) is 3. The van der Waals surface area contributed by atoms with Gasteiger partial charge in [0.2, 0.25) is 0 Å². The Hall–Kier alpha value is -4.42. The summed E-state index contributed by atoms with van der Waals surface area (Å²) in [5, 5.41) is 14.7. The number of hydrogen-bond acceptors (Lipinski definition) is 5. The van der Waals surface area contributed by atoms with E-state index in [0.29, 0.717) is 53.9 Å². The number of ether oxygens (including phenoxy) is 1. The van der Waals surface area contributed by atoms with Crippen LogP contribution in [0.5, 0.6) is 11.5 Å². The molecule has 1 aromatic heterocycles. The number of likely N-dealkylation sites (N-methyl/N-ethyl adjacent to an activating group) is 1. The standard InChI is InChI=1S/C37H39N3O3/c1-24-15-16-30-31(23-24)35(41)36(43-22-17-29(27-11-7-5-8-12-27)28-13-9-6-10-14-28)32-25(2)38-26(3)33(34(30)32)37(42)40-20-18-39(4)19-21-40/h5-16,23,29,41H,17-22H2,1-4H3. The number of fused-ring (bicyclic) bond motifs is 3. The van der Waals surface area contributed by atoms with E-state index >= 15 is 0 Å². The molecule has 0 spiro atoms. The van der Waals surface area contributed by atoms with Crippen molar-refractivity contribution in [2.75, 3.05) is 39.8 Å². The first-order valence-corrected chi connectivity index (χ1v) is 15.1. The Kier molecular flexibility index (Phi) is 8.04. The van der Waals surface area contributed by atoms with Crippen LogP contribution in [0.2, 0.25) is 0 Å². The Morgan fingerprint density at radius 1 is 0.837 bits per heavy atom. The summed E-state index contributed by atoms with van der Waals surface area (Å²) in [6.45, 7) is 9.24. The first-order valence-electron chi connectivity index (χ1n) is 15.1. The molecule has 1 amide bonds. The van der Waals surface area contributed by atoms with Crippen LogP contribution in [0.15, 0.2) is 78.9 Å². The molecule has 0 unspecified atom stereocenters. The molecule has 0 bridgehead atoms. The second-order valence-electron chi connectivity index (χ2n) is 11.7. The molecule has 220 valence electrons. The summed E-state index contributed by atoms with van der Waals surface area (Å²) in [6.07, 6.45) is 0.715. The van der Waals surface area contributed by atoms with Crippen molar-refractivity contribution < 1.29 is 14.6 Å². The number of hydrogen-bond donors (Lipinski definition) is 1. The van der Waals surface area contributed by atoms with Gasteiger partial charge >= 0.3 is 0 Å². The van der Waals surface area contributed by atoms with Crippen LogP contribution < -0.4 is 4.74 Å². The number of amides is 1. The number of carbonyl (C=O) groups is 1. The van der Waals surface area contributed by atoms with E-state index in [9.17, 15) is 9.90 Å². The van der Waals surface area contributed by atoms with Crippen LogP contribution in [0.4, 0.5) is 0 Å². The predicted octanol–water partition coefficient (Wildman–Crippen LogP) is 7.01. The van der Waals surface area contributed by atoms with Crippen molar-refractivity contribution >= 4 is 27.5 Å². The van der Waals surface area contributed by atoms with Gasteiger partial charge in [-0.25, -0.2) is 0 Å². The quantitative estimate of drug-likeness (QED) is 0.212. The van der Waals surface area contributed by atoms with Crippen LogP contribution in [-0.4, -0.2) is 65.6 Å². The van der Waals surface area contributed by atoms with Crippen molar-refractivity contribution in [2.45, 2.75) is 33.1 Å². The molecule has 1 saturated heterocycles. The van der Waals surface area contributed by atoms with Crippen LogP contribution in [0.3, 0.4) is 0 Å². The topological polar surface area (TPSA) is 65.9 Å². The molecular weight excluding hydrogens is 534 g/mol. The van der Waals surface area contributed by atoms with Gasteiger partial charge in [-0.05, 0) is 56.8 Å². The third kappa shape index (κ3) is 5.55. The monoisotopic (exact) mass is 573 g/mol. The minimum Gasteiger partial charge on any atom is -0.504 e. The SMILES string of the molecule is Cc1ccc2c(c1)c(O)c(OCCC(c1ccccc1)c1ccccc1)c1c(C)nc(C)c(C(=O)N3CCN(C)CC3)c12. The molecule has 1 fully saturated rings. The van der Waals surface area contributed by atoms with Gasteiger partial charge in [0.25, 0.3) is 5.91 Å². The first kappa shape index (κ1) is 28.7. The number of phenols is 1. The number of benzene rings is 4. The van der Waals surface area contributed by atoms with Crippen molar-refractivity contribution in [3.63, 3.8) is 0 Å². The third-order valence-corrected chi connectivity index (χ3v) is 8.76. The van der Waals surface area contributed by atoms with Gasteiger partial charge in [0.05, 0.1) is 23.3 Å². The number of aromatic hydroxyl groups is 1. The zero-order valence-corrected chi connectivity index (χ0v) is 25.4. The molecule has 0 aliphatic carbocycles. The normalized spacial score (nSPS) is 14.1. The van der Waals surface area contributed by atoms with Gasteiger partial charge in [0.1, 0.15) is 0 Å². The van der Waals surface area contributed by atoms with Crippen molar-refractivity contribution in [3.8, 4) is 11.5 Å². The maximum absolute atomic E-state index is 14.1. The molecule has 0 atom stereocenters. The second kappa shape index (κ2) is 12.1. The molecule has 6 heteroatoms. The van der Waals surface area contributed by atoms with Gasteiger partial charge in [-0.15, -0.1) is 0 Å². The highest BCUT2D eigenvalue weighted by Crippen LogP contribution is 2.46. The Morgan fingerprint density at radius 3 is 2.09 bits per heavy atom. The highest BCUT2D eigenvalue weighted by molar-refractivity contribution is 6.22. The average Bonchev–Trinajstić information content (AvgIpc) is 3.02.